The highest BCUT2D eigenvalue weighted by Crippen LogP contribution is 2.42. The highest BCUT2D eigenvalue weighted by atomic mass is 35.5. The third-order valence-corrected chi connectivity index (χ3v) is 6.50. The molecular formula is C24H25ClO3. The minimum atomic E-state index is -0.652. The lowest BCUT2D eigenvalue weighted by atomic mass is 9.79. The van der Waals surface area contributed by atoms with E-state index in [1.165, 1.54) is 24.0 Å². The van der Waals surface area contributed by atoms with Crippen LogP contribution < -0.4 is 0 Å². The predicted molar refractivity (Wildman–Crippen MR) is 110 cm³/mol. The second-order valence-electron chi connectivity index (χ2n) is 7.99. The number of fused-ring (bicyclic) bond motifs is 1. The second kappa shape index (κ2) is 8.08. The lowest BCUT2D eigenvalue weighted by Gasteiger charge is -2.27. The van der Waals surface area contributed by atoms with Gasteiger partial charge in [-0.1, -0.05) is 48.7 Å². The van der Waals surface area contributed by atoms with Crippen molar-refractivity contribution in [2.24, 2.45) is 0 Å². The zero-order valence-corrected chi connectivity index (χ0v) is 16.8. The molecule has 0 aliphatic heterocycles. The molecule has 2 aromatic carbocycles. The van der Waals surface area contributed by atoms with Crippen LogP contribution in [0.25, 0.3) is 0 Å². The summed E-state index contributed by atoms with van der Waals surface area (Å²) in [7, 11) is 0. The van der Waals surface area contributed by atoms with Crippen LogP contribution >= 0.6 is 11.6 Å². The quantitative estimate of drug-likeness (QED) is 0.498. The molecular weight excluding hydrogens is 372 g/mol. The van der Waals surface area contributed by atoms with Crippen LogP contribution in [0.2, 0.25) is 5.02 Å². The van der Waals surface area contributed by atoms with Crippen molar-refractivity contribution in [3.63, 3.8) is 0 Å². The van der Waals surface area contributed by atoms with Gasteiger partial charge in [0.25, 0.3) is 0 Å². The Bertz CT molecular complexity index is 879. The fourth-order valence-corrected chi connectivity index (χ4v) is 4.74. The summed E-state index contributed by atoms with van der Waals surface area (Å²) in [6, 6.07) is 13.3. The van der Waals surface area contributed by atoms with Gasteiger partial charge in [-0.05, 0) is 73.4 Å². The van der Waals surface area contributed by atoms with E-state index in [4.69, 9.17) is 16.3 Å². The van der Waals surface area contributed by atoms with E-state index < -0.39 is 5.41 Å². The molecule has 3 nitrogen and oxygen atoms in total. The summed E-state index contributed by atoms with van der Waals surface area (Å²) in [5.41, 5.74) is 3.52. The lowest BCUT2D eigenvalue weighted by molar-refractivity contribution is -0.149. The summed E-state index contributed by atoms with van der Waals surface area (Å²) in [6.07, 6.45) is 7.96. The molecule has 4 heteroatoms. The molecule has 0 spiro atoms. The Morgan fingerprint density at radius 2 is 1.57 bits per heavy atom. The largest absolute Gasteiger partial charge is 0.457 e. The van der Waals surface area contributed by atoms with Crippen molar-refractivity contribution in [1.82, 2.24) is 0 Å². The molecule has 0 radical (unpaired) electrons. The van der Waals surface area contributed by atoms with Crippen molar-refractivity contribution < 1.29 is 14.3 Å². The first-order valence-electron chi connectivity index (χ1n) is 10.2. The maximum absolute atomic E-state index is 13.0. The molecule has 0 atom stereocenters. The van der Waals surface area contributed by atoms with Gasteiger partial charge in [0.1, 0.15) is 0 Å². The van der Waals surface area contributed by atoms with Gasteiger partial charge in [0.05, 0.1) is 5.41 Å². The van der Waals surface area contributed by atoms with Crippen LogP contribution in [-0.4, -0.2) is 18.4 Å². The predicted octanol–water partition coefficient (Wildman–Crippen LogP) is 5.46. The van der Waals surface area contributed by atoms with Gasteiger partial charge in [-0.3, -0.25) is 9.59 Å². The van der Waals surface area contributed by atoms with Crippen molar-refractivity contribution in [2.75, 3.05) is 6.61 Å². The minimum absolute atomic E-state index is 0.133. The van der Waals surface area contributed by atoms with E-state index in [0.717, 1.165) is 44.1 Å². The van der Waals surface area contributed by atoms with Gasteiger partial charge in [0, 0.05) is 10.6 Å². The van der Waals surface area contributed by atoms with Crippen molar-refractivity contribution in [1.29, 1.82) is 0 Å². The molecule has 2 aliphatic carbocycles. The molecule has 2 aliphatic rings. The van der Waals surface area contributed by atoms with Gasteiger partial charge in [-0.2, -0.15) is 0 Å². The van der Waals surface area contributed by atoms with Crippen LogP contribution in [0, 0.1) is 0 Å². The van der Waals surface area contributed by atoms with Crippen molar-refractivity contribution in [2.45, 2.75) is 56.8 Å². The molecule has 0 aromatic heterocycles. The van der Waals surface area contributed by atoms with Crippen LogP contribution in [0.15, 0.2) is 42.5 Å². The number of benzene rings is 2. The highest BCUT2D eigenvalue weighted by molar-refractivity contribution is 6.30. The molecule has 4 rings (SSSR count). The van der Waals surface area contributed by atoms with Crippen LogP contribution in [0.5, 0.6) is 0 Å². The fourth-order valence-electron chi connectivity index (χ4n) is 4.62. The third kappa shape index (κ3) is 3.73. The van der Waals surface area contributed by atoms with E-state index in [2.05, 4.69) is 6.07 Å². The Hall–Kier alpha value is -2.13. The van der Waals surface area contributed by atoms with Crippen LogP contribution in [0.1, 0.15) is 65.6 Å². The normalized spacial score (nSPS) is 17.8. The molecule has 0 bridgehead atoms. The van der Waals surface area contributed by atoms with Crippen molar-refractivity contribution >= 4 is 23.4 Å². The Morgan fingerprint density at radius 1 is 0.893 bits per heavy atom. The maximum atomic E-state index is 13.0. The fraction of sp³-hybridized carbons (Fsp3) is 0.417. The number of hydrogen-bond acceptors (Lipinski definition) is 3. The Kier molecular flexibility index (Phi) is 5.54. The Morgan fingerprint density at radius 3 is 2.29 bits per heavy atom. The Balaban J connectivity index is 1.46. The summed E-state index contributed by atoms with van der Waals surface area (Å²) in [5.74, 6) is -0.426. The highest BCUT2D eigenvalue weighted by Gasteiger charge is 2.44. The molecule has 0 unspecified atom stereocenters. The molecule has 0 saturated heterocycles. The van der Waals surface area contributed by atoms with Gasteiger partial charge in [0.15, 0.2) is 12.4 Å². The standard InChI is InChI=1S/C24H25ClO3/c25-21-11-9-20(10-12-21)24(13-3-4-14-24)23(27)28-16-22(26)19-8-7-17-5-1-2-6-18(17)15-19/h7-12,15H,1-6,13-14,16H2. The summed E-state index contributed by atoms with van der Waals surface area (Å²) < 4.78 is 5.55. The van der Waals surface area contributed by atoms with Crippen molar-refractivity contribution in [3.05, 3.63) is 69.7 Å². The van der Waals surface area contributed by atoms with E-state index in [-0.39, 0.29) is 18.4 Å². The molecule has 0 amide bonds. The van der Waals surface area contributed by atoms with Gasteiger partial charge in [-0.25, -0.2) is 0 Å². The first-order chi connectivity index (χ1) is 13.6. The first kappa shape index (κ1) is 19.2. The number of hydrogen-bond donors (Lipinski definition) is 0. The first-order valence-corrected chi connectivity index (χ1v) is 10.5. The molecule has 1 fully saturated rings. The molecule has 1 saturated carbocycles. The van der Waals surface area contributed by atoms with E-state index >= 15 is 0 Å². The number of ether oxygens (including phenoxy) is 1. The van der Waals surface area contributed by atoms with Crippen LogP contribution in [-0.2, 0) is 27.8 Å². The maximum Gasteiger partial charge on any atom is 0.317 e. The number of halogens is 1. The smallest absolute Gasteiger partial charge is 0.317 e. The van der Waals surface area contributed by atoms with Crippen molar-refractivity contribution in [3.8, 4) is 0 Å². The number of ketones is 1. The number of carbonyl (C=O) groups is 2. The summed E-state index contributed by atoms with van der Waals surface area (Å²) in [4.78, 5) is 25.7. The molecule has 28 heavy (non-hydrogen) atoms. The number of aryl methyl sites for hydroxylation is 2. The molecule has 2 aromatic rings. The topological polar surface area (TPSA) is 43.4 Å². The number of rotatable bonds is 5. The monoisotopic (exact) mass is 396 g/mol. The van der Waals surface area contributed by atoms with Gasteiger partial charge in [-0.15, -0.1) is 0 Å². The molecule has 0 N–H and O–H groups in total. The zero-order valence-electron chi connectivity index (χ0n) is 16.0. The second-order valence-corrected chi connectivity index (χ2v) is 8.42. The van der Waals surface area contributed by atoms with E-state index in [1.54, 1.807) is 0 Å². The van der Waals surface area contributed by atoms with E-state index in [9.17, 15) is 9.59 Å². The number of Topliss-reactive ketones (excluding diaryl/α,β-unsaturated/α-hetero) is 1. The van der Waals surface area contributed by atoms with Gasteiger partial charge < -0.3 is 4.74 Å². The number of carbonyl (C=O) groups excluding carboxylic acids is 2. The zero-order chi connectivity index (χ0) is 19.6. The van der Waals surface area contributed by atoms with Crippen LogP contribution in [0.4, 0.5) is 0 Å². The minimum Gasteiger partial charge on any atom is -0.457 e. The average Bonchev–Trinajstić information content (AvgIpc) is 3.23. The van der Waals surface area contributed by atoms with Crippen LogP contribution in [0.3, 0.4) is 0 Å². The van der Waals surface area contributed by atoms with E-state index in [1.807, 2.05) is 36.4 Å². The molecule has 0 heterocycles. The SMILES string of the molecule is O=C(COC(=O)C1(c2ccc(Cl)cc2)CCCC1)c1ccc2c(c1)CCCC2. The summed E-state index contributed by atoms with van der Waals surface area (Å²) in [6.45, 7) is -0.201. The Labute approximate surface area is 171 Å². The molecule has 146 valence electrons. The lowest BCUT2D eigenvalue weighted by Crippen LogP contribution is -2.35. The third-order valence-electron chi connectivity index (χ3n) is 6.25. The van der Waals surface area contributed by atoms with E-state index in [0.29, 0.717) is 10.6 Å². The average molecular weight is 397 g/mol. The van der Waals surface area contributed by atoms with Gasteiger partial charge in [0.2, 0.25) is 0 Å². The summed E-state index contributed by atoms with van der Waals surface area (Å²) >= 11 is 6.00. The number of esters is 1. The van der Waals surface area contributed by atoms with Gasteiger partial charge >= 0.3 is 5.97 Å². The summed E-state index contributed by atoms with van der Waals surface area (Å²) in [5, 5.41) is 0.646.